The van der Waals surface area contributed by atoms with Crippen molar-refractivity contribution in [2.24, 2.45) is 11.7 Å². The molecule has 8 nitrogen and oxygen atoms in total. The highest BCUT2D eigenvalue weighted by Crippen LogP contribution is 2.22. The summed E-state index contributed by atoms with van der Waals surface area (Å²) in [6.07, 6.45) is 0. The van der Waals surface area contributed by atoms with E-state index in [-0.39, 0.29) is 0 Å². The summed E-state index contributed by atoms with van der Waals surface area (Å²) in [5, 5.41) is 4.85. The van der Waals surface area contributed by atoms with Crippen LogP contribution in [0, 0.1) is 0 Å². The molecule has 8 N–H and O–H groups in total. The van der Waals surface area contributed by atoms with Crippen LogP contribution in [-0.2, 0) is 11.5 Å². The third-order valence-electron chi connectivity index (χ3n) is 2.53. The van der Waals surface area contributed by atoms with Crippen LogP contribution >= 0.6 is 48.0 Å². The van der Waals surface area contributed by atoms with Gasteiger partial charge in [0, 0.05) is 11.5 Å². The van der Waals surface area contributed by atoms with Gasteiger partial charge in [-0.3, -0.25) is 21.5 Å². The first-order valence-corrected chi connectivity index (χ1v) is 9.20. The number of carbonyl (C=O) groups is 2. The Balaban J connectivity index is 2.55. The standard InChI is InChI=1S/C12H16N6O2S4/c13-17-9(19)15-11(21)23-5-7-3-1-2-4-8(7)6-24-12(22)16-10(20)18-14/h1-4H,5-6,13-14H2,(H2,15,17,19,21)(H2,16,18,20,22). The molecule has 1 aromatic rings. The average Bonchev–Trinajstić information content (AvgIpc) is 2.58. The SMILES string of the molecule is NNC(=O)NC(=S)SCc1ccccc1CSC(=S)NC(=O)NN. The number of benzene rings is 1. The predicted molar refractivity (Wildman–Crippen MR) is 106 cm³/mol. The number of hydrazine groups is 2. The van der Waals surface area contributed by atoms with Gasteiger partial charge in [-0.2, -0.15) is 0 Å². The first-order valence-electron chi connectivity index (χ1n) is 6.41. The smallest absolute Gasteiger partial charge is 0.292 e. The summed E-state index contributed by atoms with van der Waals surface area (Å²) in [7, 11) is 0. The van der Waals surface area contributed by atoms with E-state index in [2.05, 4.69) is 10.6 Å². The van der Waals surface area contributed by atoms with Gasteiger partial charge in [-0.1, -0.05) is 72.2 Å². The van der Waals surface area contributed by atoms with Crippen LogP contribution in [0.5, 0.6) is 0 Å². The first-order chi connectivity index (χ1) is 11.5. The molecule has 1 aromatic carbocycles. The fourth-order valence-corrected chi connectivity index (χ4v) is 3.46. The monoisotopic (exact) mass is 404 g/mol. The number of thioether (sulfide) groups is 2. The number of urea groups is 2. The minimum atomic E-state index is -0.564. The molecule has 1 rings (SSSR count). The second-order valence-corrected chi connectivity index (χ2v) is 7.42. The highest BCUT2D eigenvalue weighted by molar-refractivity contribution is 8.22. The Kier molecular flexibility index (Phi) is 9.59. The predicted octanol–water partition coefficient (Wildman–Crippen LogP) is 1.07. The molecular formula is C12H16N6O2S4. The van der Waals surface area contributed by atoms with Crippen molar-refractivity contribution >= 4 is 68.7 Å². The lowest BCUT2D eigenvalue weighted by molar-refractivity contribution is 0.245. The lowest BCUT2D eigenvalue weighted by Gasteiger charge is -2.11. The lowest BCUT2D eigenvalue weighted by Crippen LogP contribution is -2.41. The van der Waals surface area contributed by atoms with E-state index in [0.29, 0.717) is 20.1 Å². The maximum atomic E-state index is 11.1. The van der Waals surface area contributed by atoms with Crippen LogP contribution in [0.2, 0.25) is 0 Å². The third-order valence-corrected chi connectivity index (χ3v) is 5.08. The van der Waals surface area contributed by atoms with E-state index in [1.165, 1.54) is 23.5 Å². The Bertz CT molecular complexity index is 574. The van der Waals surface area contributed by atoms with Crippen LogP contribution in [0.4, 0.5) is 9.59 Å². The topological polar surface area (TPSA) is 134 Å². The van der Waals surface area contributed by atoms with Crippen LogP contribution in [0.25, 0.3) is 0 Å². The summed E-state index contributed by atoms with van der Waals surface area (Å²) in [5.74, 6) is 11.1. The van der Waals surface area contributed by atoms with E-state index >= 15 is 0 Å². The molecule has 130 valence electrons. The zero-order valence-corrected chi connectivity index (χ0v) is 15.6. The number of carbonyl (C=O) groups excluding carboxylic acids is 2. The van der Waals surface area contributed by atoms with Gasteiger partial charge < -0.3 is 0 Å². The number of rotatable bonds is 4. The van der Waals surface area contributed by atoms with E-state index in [0.717, 1.165) is 11.1 Å². The normalized spacial score (nSPS) is 9.75. The molecule has 0 fully saturated rings. The molecule has 0 aliphatic heterocycles. The number of hydrogen-bond donors (Lipinski definition) is 6. The molecular weight excluding hydrogens is 388 g/mol. The van der Waals surface area contributed by atoms with Crippen LogP contribution < -0.4 is 33.2 Å². The van der Waals surface area contributed by atoms with Gasteiger partial charge in [0.2, 0.25) is 0 Å². The zero-order chi connectivity index (χ0) is 17.9. The number of nitrogens with two attached hydrogens (primary N) is 2. The Hall–Kier alpha value is -1.44. The highest BCUT2D eigenvalue weighted by Gasteiger charge is 2.08. The minimum absolute atomic E-state index is 0.317. The zero-order valence-electron chi connectivity index (χ0n) is 12.3. The molecule has 0 aliphatic rings. The van der Waals surface area contributed by atoms with Gasteiger partial charge in [-0.15, -0.1) is 0 Å². The van der Waals surface area contributed by atoms with Crippen molar-refractivity contribution in [1.29, 1.82) is 0 Å². The van der Waals surface area contributed by atoms with Gasteiger partial charge in [0.15, 0.2) is 0 Å². The van der Waals surface area contributed by atoms with Gasteiger partial charge in [0.1, 0.15) is 8.64 Å². The second-order valence-electron chi connectivity index (χ2n) is 4.12. The van der Waals surface area contributed by atoms with E-state index < -0.39 is 12.1 Å². The molecule has 24 heavy (non-hydrogen) atoms. The van der Waals surface area contributed by atoms with Gasteiger partial charge in [0.05, 0.1) is 0 Å². The van der Waals surface area contributed by atoms with Gasteiger partial charge in [-0.25, -0.2) is 21.3 Å². The summed E-state index contributed by atoms with van der Waals surface area (Å²) >= 11 is 12.7. The Morgan fingerprint density at radius 1 is 0.875 bits per heavy atom. The molecule has 0 unspecified atom stereocenters. The average molecular weight is 405 g/mol. The minimum Gasteiger partial charge on any atom is -0.292 e. The molecule has 12 heteroatoms. The van der Waals surface area contributed by atoms with Crippen molar-refractivity contribution in [3.8, 4) is 0 Å². The van der Waals surface area contributed by atoms with Crippen molar-refractivity contribution in [3.05, 3.63) is 35.4 Å². The van der Waals surface area contributed by atoms with Crippen molar-refractivity contribution in [3.63, 3.8) is 0 Å². The van der Waals surface area contributed by atoms with Crippen molar-refractivity contribution < 1.29 is 9.59 Å². The quantitative estimate of drug-likeness (QED) is 0.190. The summed E-state index contributed by atoms with van der Waals surface area (Å²) in [4.78, 5) is 22.2. The second kappa shape index (κ2) is 11.2. The molecule has 0 spiro atoms. The molecule has 0 radical (unpaired) electrons. The molecule has 4 amide bonds. The molecule has 0 saturated carbocycles. The van der Waals surface area contributed by atoms with E-state index in [1.807, 2.05) is 35.1 Å². The van der Waals surface area contributed by atoms with Crippen molar-refractivity contribution in [1.82, 2.24) is 21.5 Å². The van der Waals surface area contributed by atoms with Gasteiger partial charge in [0.25, 0.3) is 0 Å². The molecule has 0 saturated heterocycles. The number of hydrogen-bond acceptors (Lipinski definition) is 8. The largest absolute Gasteiger partial charge is 0.334 e. The molecule has 0 atom stereocenters. The Morgan fingerprint density at radius 2 is 1.25 bits per heavy atom. The van der Waals surface area contributed by atoms with E-state index in [4.69, 9.17) is 36.1 Å². The molecule has 0 heterocycles. The van der Waals surface area contributed by atoms with Crippen molar-refractivity contribution in [2.75, 3.05) is 0 Å². The summed E-state index contributed by atoms with van der Waals surface area (Å²) in [6, 6.07) is 6.60. The number of nitrogens with one attached hydrogen (secondary N) is 4. The first kappa shape index (κ1) is 20.6. The third kappa shape index (κ3) is 7.90. The number of amides is 4. The maximum Gasteiger partial charge on any atom is 0.334 e. The van der Waals surface area contributed by atoms with Gasteiger partial charge >= 0.3 is 12.1 Å². The fourth-order valence-electron chi connectivity index (χ4n) is 1.46. The highest BCUT2D eigenvalue weighted by atomic mass is 32.2. The molecule has 0 aliphatic carbocycles. The Morgan fingerprint density at radius 3 is 1.58 bits per heavy atom. The number of thiocarbonyl (C=S) groups is 2. The van der Waals surface area contributed by atoms with E-state index in [9.17, 15) is 9.59 Å². The summed E-state index contributed by atoms with van der Waals surface area (Å²) in [6.45, 7) is 0. The van der Waals surface area contributed by atoms with Crippen LogP contribution in [0.3, 0.4) is 0 Å². The Labute approximate surface area is 158 Å². The molecule has 0 aromatic heterocycles. The lowest BCUT2D eigenvalue weighted by atomic mass is 10.1. The summed E-state index contributed by atoms with van der Waals surface area (Å²) < 4.78 is 0.634. The van der Waals surface area contributed by atoms with E-state index in [1.54, 1.807) is 0 Å². The summed E-state index contributed by atoms with van der Waals surface area (Å²) in [5.41, 5.74) is 5.96. The fraction of sp³-hybridized carbons (Fsp3) is 0.167. The van der Waals surface area contributed by atoms with Crippen LogP contribution in [0.1, 0.15) is 11.1 Å². The van der Waals surface area contributed by atoms with Crippen LogP contribution in [0.15, 0.2) is 24.3 Å². The van der Waals surface area contributed by atoms with Gasteiger partial charge in [-0.05, 0) is 11.1 Å². The van der Waals surface area contributed by atoms with Crippen LogP contribution in [-0.4, -0.2) is 20.7 Å². The van der Waals surface area contributed by atoms with Crippen molar-refractivity contribution in [2.45, 2.75) is 11.5 Å². The molecule has 0 bridgehead atoms. The maximum absolute atomic E-state index is 11.1.